The first kappa shape index (κ1) is 17.8. The molecule has 0 aliphatic carbocycles. The number of hydrogen-bond acceptors (Lipinski definition) is 5. The second kappa shape index (κ2) is 7.93. The molecule has 26 heavy (non-hydrogen) atoms. The fraction of sp³-hybridized carbons (Fsp3) is 0.150. The molecule has 0 bridgehead atoms. The second-order valence-electron chi connectivity index (χ2n) is 5.58. The van der Waals surface area contributed by atoms with Crippen molar-refractivity contribution in [2.75, 3.05) is 12.4 Å². The molecule has 0 unspecified atom stereocenters. The summed E-state index contributed by atoms with van der Waals surface area (Å²) in [4.78, 5) is 28.3. The minimum absolute atomic E-state index is 0.213. The van der Waals surface area contributed by atoms with Gasteiger partial charge < -0.3 is 10.1 Å². The number of rotatable bonds is 5. The molecular weight excluding hydrogens is 348 g/mol. The summed E-state index contributed by atoms with van der Waals surface area (Å²) < 4.78 is 4.65. The molecule has 2 aromatic carbocycles. The van der Waals surface area contributed by atoms with Gasteiger partial charge in [-0.05, 0) is 42.8 Å². The molecule has 0 aliphatic rings. The van der Waals surface area contributed by atoms with Gasteiger partial charge in [0.1, 0.15) is 0 Å². The lowest BCUT2D eigenvalue weighted by molar-refractivity contribution is 0.0600. The number of hydrogen-bond donors (Lipinski definition) is 1. The smallest absolute Gasteiger partial charge is 0.337 e. The van der Waals surface area contributed by atoms with E-state index in [2.05, 4.69) is 22.0 Å². The summed E-state index contributed by atoms with van der Waals surface area (Å²) in [6.45, 7) is 2.08. The highest BCUT2D eigenvalue weighted by Crippen LogP contribution is 2.23. The number of aromatic nitrogens is 1. The van der Waals surface area contributed by atoms with Crippen molar-refractivity contribution in [3.63, 3.8) is 0 Å². The van der Waals surface area contributed by atoms with Crippen molar-refractivity contribution in [3.05, 3.63) is 70.0 Å². The predicted molar refractivity (Wildman–Crippen MR) is 103 cm³/mol. The van der Waals surface area contributed by atoms with E-state index >= 15 is 0 Å². The maximum absolute atomic E-state index is 12.4. The highest BCUT2D eigenvalue weighted by molar-refractivity contribution is 7.09. The van der Waals surface area contributed by atoms with Crippen LogP contribution in [0, 0.1) is 0 Å². The molecule has 6 heteroatoms. The van der Waals surface area contributed by atoms with Crippen LogP contribution in [0.4, 0.5) is 5.69 Å². The van der Waals surface area contributed by atoms with E-state index in [-0.39, 0.29) is 5.91 Å². The van der Waals surface area contributed by atoms with Crippen LogP contribution >= 0.6 is 11.3 Å². The van der Waals surface area contributed by atoms with Gasteiger partial charge in [-0.2, -0.15) is 0 Å². The van der Waals surface area contributed by atoms with Crippen LogP contribution in [0.25, 0.3) is 11.3 Å². The number of ether oxygens (including phenoxy) is 1. The van der Waals surface area contributed by atoms with Crippen LogP contribution in [0.1, 0.15) is 32.6 Å². The van der Waals surface area contributed by atoms with Gasteiger partial charge in [0, 0.05) is 22.2 Å². The third-order valence-corrected chi connectivity index (χ3v) is 4.85. The molecular formula is C20H18N2O3S. The summed E-state index contributed by atoms with van der Waals surface area (Å²) in [5.74, 6) is -0.623. The van der Waals surface area contributed by atoms with E-state index in [0.717, 1.165) is 22.7 Å². The molecule has 0 fully saturated rings. The van der Waals surface area contributed by atoms with Gasteiger partial charge in [-0.15, -0.1) is 11.3 Å². The zero-order valence-electron chi connectivity index (χ0n) is 14.5. The average molecular weight is 366 g/mol. The maximum atomic E-state index is 12.4. The van der Waals surface area contributed by atoms with E-state index in [0.29, 0.717) is 16.8 Å². The number of carbonyl (C=O) groups excluding carboxylic acids is 2. The standard InChI is InChI=1S/C20H18N2O3S/c1-3-18-22-17(12-26-18)13-4-6-14(7-5-13)19(23)21-16-10-8-15(9-11-16)20(24)25-2/h4-12H,3H2,1-2H3,(H,21,23). The molecule has 3 aromatic rings. The van der Waals surface area contributed by atoms with E-state index in [9.17, 15) is 9.59 Å². The van der Waals surface area contributed by atoms with Crippen LogP contribution in [-0.4, -0.2) is 24.0 Å². The van der Waals surface area contributed by atoms with E-state index in [1.54, 1.807) is 47.7 Å². The van der Waals surface area contributed by atoms with E-state index in [1.165, 1.54) is 7.11 Å². The first-order valence-electron chi connectivity index (χ1n) is 8.15. The molecule has 0 radical (unpaired) electrons. The number of nitrogens with zero attached hydrogens (tertiary/aromatic N) is 1. The number of methoxy groups -OCH3 is 1. The average Bonchev–Trinajstić information content (AvgIpc) is 3.17. The van der Waals surface area contributed by atoms with Crippen molar-refractivity contribution < 1.29 is 14.3 Å². The van der Waals surface area contributed by atoms with Gasteiger partial charge in [0.2, 0.25) is 0 Å². The summed E-state index contributed by atoms with van der Waals surface area (Å²) in [6, 6.07) is 13.9. The molecule has 132 valence electrons. The Morgan fingerprint density at radius 2 is 1.69 bits per heavy atom. The highest BCUT2D eigenvalue weighted by Gasteiger charge is 2.09. The SMILES string of the molecule is CCc1nc(-c2ccc(C(=O)Nc3ccc(C(=O)OC)cc3)cc2)cs1. The summed E-state index contributed by atoms with van der Waals surface area (Å²) in [6.07, 6.45) is 0.917. The number of nitrogens with one attached hydrogen (secondary N) is 1. The fourth-order valence-corrected chi connectivity index (χ4v) is 3.16. The lowest BCUT2D eigenvalue weighted by Crippen LogP contribution is -2.12. The zero-order chi connectivity index (χ0) is 18.5. The quantitative estimate of drug-likeness (QED) is 0.679. The van der Waals surface area contributed by atoms with Gasteiger partial charge in [-0.1, -0.05) is 19.1 Å². The lowest BCUT2D eigenvalue weighted by atomic mass is 10.1. The van der Waals surface area contributed by atoms with Gasteiger partial charge >= 0.3 is 5.97 Å². The lowest BCUT2D eigenvalue weighted by Gasteiger charge is -2.07. The first-order chi connectivity index (χ1) is 12.6. The molecule has 3 rings (SSSR count). The van der Waals surface area contributed by atoms with Gasteiger partial charge in [-0.3, -0.25) is 4.79 Å². The molecule has 1 heterocycles. The number of carbonyl (C=O) groups is 2. The number of anilines is 1. The molecule has 0 saturated carbocycles. The highest BCUT2D eigenvalue weighted by atomic mass is 32.1. The summed E-state index contributed by atoms with van der Waals surface area (Å²) in [5.41, 5.74) is 3.51. The Labute approximate surface area is 155 Å². The Hall–Kier alpha value is -2.99. The van der Waals surface area contributed by atoms with Crippen LogP contribution in [0.2, 0.25) is 0 Å². The Kier molecular flexibility index (Phi) is 5.43. The number of thiazole rings is 1. The van der Waals surface area contributed by atoms with Crippen molar-refractivity contribution in [1.82, 2.24) is 4.98 Å². The molecule has 0 atom stereocenters. The summed E-state index contributed by atoms with van der Waals surface area (Å²) in [7, 11) is 1.33. The Morgan fingerprint density at radius 3 is 2.27 bits per heavy atom. The minimum Gasteiger partial charge on any atom is -0.465 e. The van der Waals surface area contributed by atoms with Crippen LogP contribution in [-0.2, 0) is 11.2 Å². The van der Waals surface area contributed by atoms with Gasteiger partial charge in [-0.25, -0.2) is 9.78 Å². The second-order valence-corrected chi connectivity index (χ2v) is 6.52. The molecule has 0 saturated heterocycles. The molecule has 1 aromatic heterocycles. The Bertz CT molecular complexity index is 915. The van der Waals surface area contributed by atoms with Crippen molar-refractivity contribution >= 4 is 28.9 Å². The maximum Gasteiger partial charge on any atom is 0.337 e. The van der Waals surface area contributed by atoms with Crippen LogP contribution in [0.15, 0.2) is 53.9 Å². The largest absolute Gasteiger partial charge is 0.465 e. The van der Waals surface area contributed by atoms with E-state index in [1.807, 2.05) is 17.5 Å². The number of aryl methyl sites for hydroxylation is 1. The van der Waals surface area contributed by atoms with Gasteiger partial charge in [0.25, 0.3) is 5.91 Å². The molecule has 0 aliphatic heterocycles. The molecule has 0 spiro atoms. The van der Waals surface area contributed by atoms with Crippen LogP contribution < -0.4 is 5.32 Å². The normalized spacial score (nSPS) is 10.4. The summed E-state index contributed by atoms with van der Waals surface area (Å²) >= 11 is 1.64. The Morgan fingerprint density at radius 1 is 1.04 bits per heavy atom. The third kappa shape index (κ3) is 3.97. The predicted octanol–water partition coefficient (Wildman–Crippen LogP) is 4.41. The van der Waals surface area contributed by atoms with Crippen molar-refractivity contribution in [2.45, 2.75) is 13.3 Å². The van der Waals surface area contributed by atoms with Crippen LogP contribution in [0.5, 0.6) is 0 Å². The molecule has 5 nitrogen and oxygen atoms in total. The van der Waals surface area contributed by atoms with Crippen molar-refractivity contribution in [1.29, 1.82) is 0 Å². The third-order valence-electron chi connectivity index (χ3n) is 3.86. The number of amides is 1. The van der Waals surface area contributed by atoms with Crippen LogP contribution in [0.3, 0.4) is 0 Å². The first-order valence-corrected chi connectivity index (χ1v) is 9.03. The van der Waals surface area contributed by atoms with Gasteiger partial charge in [0.05, 0.1) is 23.4 Å². The topological polar surface area (TPSA) is 68.3 Å². The fourth-order valence-electron chi connectivity index (χ4n) is 2.41. The number of benzene rings is 2. The Balaban J connectivity index is 1.69. The zero-order valence-corrected chi connectivity index (χ0v) is 15.3. The van der Waals surface area contributed by atoms with Crippen molar-refractivity contribution in [2.24, 2.45) is 0 Å². The van der Waals surface area contributed by atoms with E-state index < -0.39 is 5.97 Å². The minimum atomic E-state index is -0.410. The molecule has 1 amide bonds. The number of esters is 1. The van der Waals surface area contributed by atoms with E-state index in [4.69, 9.17) is 0 Å². The van der Waals surface area contributed by atoms with Crippen molar-refractivity contribution in [3.8, 4) is 11.3 Å². The summed E-state index contributed by atoms with van der Waals surface area (Å²) in [5, 5.41) is 5.93. The molecule has 1 N–H and O–H groups in total. The van der Waals surface area contributed by atoms with Gasteiger partial charge in [0.15, 0.2) is 0 Å². The monoisotopic (exact) mass is 366 g/mol.